The molecular weight excluding hydrogens is 260 g/mol. The second kappa shape index (κ2) is 3.94. The molecule has 1 fully saturated rings. The van der Waals surface area contributed by atoms with Gasteiger partial charge in [-0.3, -0.25) is 4.79 Å². The van der Waals surface area contributed by atoms with Gasteiger partial charge in [0.05, 0.1) is 13.2 Å². The van der Waals surface area contributed by atoms with Crippen molar-refractivity contribution < 1.29 is 14.3 Å². The quantitative estimate of drug-likeness (QED) is 0.774. The van der Waals surface area contributed by atoms with Gasteiger partial charge in [-0.25, -0.2) is 0 Å². The maximum atomic E-state index is 11.0. The zero-order chi connectivity index (χ0) is 10.9. The fourth-order valence-corrected chi connectivity index (χ4v) is 2.02. The third kappa shape index (κ3) is 2.06. The van der Waals surface area contributed by atoms with Crippen molar-refractivity contribution in [2.45, 2.75) is 12.5 Å². The van der Waals surface area contributed by atoms with Gasteiger partial charge in [-0.05, 0) is 12.1 Å². The van der Waals surface area contributed by atoms with Crippen molar-refractivity contribution in [1.82, 2.24) is 0 Å². The molecule has 0 atom stereocenters. The molecule has 3 nitrogen and oxygen atoms in total. The lowest BCUT2D eigenvalue weighted by atomic mass is 9.92. The van der Waals surface area contributed by atoms with Gasteiger partial charge in [0.1, 0.15) is 0 Å². The Balaban J connectivity index is 2.29. The summed E-state index contributed by atoms with van der Waals surface area (Å²) in [5, 5.41) is 0. The van der Waals surface area contributed by atoms with Crippen LogP contribution in [0.5, 0.6) is 0 Å². The predicted molar refractivity (Wildman–Crippen MR) is 58.4 cm³/mol. The Kier molecular flexibility index (Phi) is 2.80. The average molecular weight is 271 g/mol. The summed E-state index contributed by atoms with van der Waals surface area (Å²) in [6, 6.07) is 7.75. The molecule has 1 aliphatic heterocycles. The molecule has 1 aromatic rings. The summed E-state index contributed by atoms with van der Waals surface area (Å²) in [6.07, 6.45) is 0. The van der Waals surface area contributed by atoms with Crippen molar-refractivity contribution in [2.75, 3.05) is 13.2 Å². The number of hydrogen-bond acceptors (Lipinski definition) is 3. The van der Waals surface area contributed by atoms with Gasteiger partial charge in [0.25, 0.3) is 0 Å². The van der Waals surface area contributed by atoms with Crippen molar-refractivity contribution in [3.8, 4) is 0 Å². The molecule has 0 aliphatic carbocycles. The van der Waals surface area contributed by atoms with Crippen molar-refractivity contribution in [3.05, 3.63) is 34.3 Å². The largest absolute Gasteiger partial charge is 0.449 e. The van der Waals surface area contributed by atoms with Crippen LogP contribution in [0.4, 0.5) is 0 Å². The summed E-state index contributed by atoms with van der Waals surface area (Å²) >= 11 is 3.39. The lowest BCUT2D eigenvalue weighted by molar-refractivity contribution is -0.216. The first-order valence-corrected chi connectivity index (χ1v) is 5.45. The van der Waals surface area contributed by atoms with E-state index >= 15 is 0 Å². The minimum atomic E-state index is -0.574. The molecule has 1 aliphatic rings. The van der Waals surface area contributed by atoms with Gasteiger partial charge in [-0.15, -0.1) is 0 Å². The van der Waals surface area contributed by atoms with Gasteiger partial charge in [0, 0.05) is 17.0 Å². The van der Waals surface area contributed by atoms with Crippen LogP contribution in [0.3, 0.4) is 0 Å². The third-order valence-corrected chi connectivity index (χ3v) is 2.85. The van der Waals surface area contributed by atoms with Crippen LogP contribution in [-0.4, -0.2) is 19.2 Å². The molecule has 0 aromatic heterocycles. The summed E-state index contributed by atoms with van der Waals surface area (Å²) in [4.78, 5) is 11.0. The van der Waals surface area contributed by atoms with Crippen LogP contribution >= 0.6 is 15.9 Å². The van der Waals surface area contributed by atoms with Crippen molar-refractivity contribution in [2.24, 2.45) is 0 Å². The highest BCUT2D eigenvalue weighted by Gasteiger charge is 2.43. The molecule has 4 heteroatoms. The molecule has 0 unspecified atom stereocenters. The minimum Gasteiger partial charge on any atom is -0.449 e. The lowest BCUT2D eigenvalue weighted by Gasteiger charge is -2.40. The standard InChI is InChI=1S/C11H11BrO3/c1-8(13)15-11(6-14-7-11)9-3-2-4-10(12)5-9/h2-5H,6-7H2,1H3. The maximum Gasteiger partial charge on any atom is 0.303 e. The Morgan fingerprint density at radius 2 is 2.27 bits per heavy atom. The van der Waals surface area contributed by atoms with Crippen LogP contribution in [0.25, 0.3) is 0 Å². The molecule has 0 amide bonds. The highest BCUT2D eigenvalue weighted by atomic mass is 79.9. The number of carbonyl (C=O) groups is 1. The predicted octanol–water partition coefficient (Wildman–Crippen LogP) is 2.24. The molecule has 1 aromatic carbocycles. The van der Waals surface area contributed by atoms with E-state index < -0.39 is 5.60 Å². The molecule has 1 heterocycles. The fourth-order valence-electron chi connectivity index (χ4n) is 1.62. The monoisotopic (exact) mass is 270 g/mol. The highest BCUT2D eigenvalue weighted by molar-refractivity contribution is 9.10. The molecule has 2 rings (SSSR count). The van der Waals surface area contributed by atoms with Crippen molar-refractivity contribution in [3.63, 3.8) is 0 Å². The Labute approximate surface area is 96.5 Å². The second-order valence-electron chi connectivity index (χ2n) is 3.59. The summed E-state index contributed by atoms with van der Waals surface area (Å²) in [6.45, 7) is 2.28. The van der Waals surface area contributed by atoms with E-state index in [0.717, 1.165) is 10.0 Å². The van der Waals surface area contributed by atoms with Crippen molar-refractivity contribution >= 4 is 21.9 Å². The Hall–Kier alpha value is -0.870. The summed E-state index contributed by atoms with van der Waals surface area (Å²) in [7, 11) is 0. The fraction of sp³-hybridized carbons (Fsp3) is 0.364. The highest BCUT2D eigenvalue weighted by Crippen LogP contribution is 2.34. The first-order chi connectivity index (χ1) is 7.12. The van der Waals surface area contributed by atoms with Gasteiger partial charge in [-0.2, -0.15) is 0 Å². The molecule has 80 valence electrons. The molecule has 0 bridgehead atoms. The molecular formula is C11H11BrO3. The van der Waals surface area contributed by atoms with E-state index in [-0.39, 0.29) is 5.97 Å². The smallest absolute Gasteiger partial charge is 0.303 e. The van der Waals surface area contributed by atoms with Gasteiger partial charge >= 0.3 is 5.97 Å². The summed E-state index contributed by atoms with van der Waals surface area (Å²) in [5.74, 6) is -0.279. The topological polar surface area (TPSA) is 35.5 Å². The molecule has 15 heavy (non-hydrogen) atoms. The van der Waals surface area contributed by atoms with Gasteiger partial charge in [0.15, 0.2) is 5.60 Å². The van der Waals surface area contributed by atoms with E-state index in [4.69, 9.17) is 9.47 Å². The normalized spacial score (nSPS) is 18.0. The Morgan fingerprint density at radius 1 is 1.53 bits per heavy atom. The number of rotatable bonds is 2. The molecule has 0 spiro atoms. The van der Waals surface area contributed by atoms with Gasteiger partial charge in [0.2, 0.25) is 0 Å². The zero-order valence-corrected chi connectivity index (χ0v) is 9.91. The zero-order valence-electron chi connectivity index (χ0n) is 8.33. The molecule has 0 saturated carbocycles. The van der Waals surface area contributed by atoms with Crippen LogP contribution in [-0.2, 0) is 19.9 Å². The van der Waals surface area contributed by atoms with Gasteiger partial charge in [-0.1, -0.05) is 28.1 Å². The van der Waals surface area contributed by atoms with E-state index in [1.54, 1.807) is 0 Å². The van der Waals surface area contributed by atoms with E-state index in [1.165, 1.54) is 6.92 Å². The van der Waals surface area contributed by atoms with Crippen LogP contribution in [0, 0.1) is 0 Å². The number of hydrogen-bond donors (Lipinski definition) is 0. The number of ether oxygens (including phenoxy) is 2. The van der Waals surface area contributed by atoms with E-state index in [1.807, 2.05) is 24.3 Å². The van der Waals surface area contributed by atoms with Crippen LogP contribution in [0.2, 0.25) is 0 Å². The van der Waals surface area contributed by atoms with E-state index in [2.05, 4.69) is 15.9 Å². The number of esters is 1. The second-order valence-corrected chi connectivity index (χ2v) is 4.51. The maximum absolute atomic E-state index is 11.0. The third-order valence-electron chi connectivity index (χ3n) is 2.36. The lowest BCUT2D eigenvalue weighted by Crippen LogP contribution is -2.49. The number of carbonyl (C=O) groups excluding carboxylic acids is 1. The molecule has 1 saturated heterocycles. The van der Waals surface area contributed by atoms with Crippen LogP contribution in [0.1, 0.15) is 12.5 Å². The Bertz CT molecular complexity index is 385. The summed E-state index contributed by atoms with van der Waals surface area (Å²) in [5.41, 5.74) is 0.397. The van der Waals surface area contributed by atoms with E-state index in [0.29, 0.717) is 13.2 Å². The Morgan fingerprint density at radius 3 is 2.73 bits per heavy atom. The number of benzene rings is 1. The minimum absolute atomic E-state index is 0.279. The van der Waals surface area contributed by atoms with Crippen LogP contribution in [0.15, 0.2) is 28.7 Å². The molecule has 0 N–H and O–H groups in total. The van der Waals surface area contributed by atoms with Crippen LogP contribution < -0.4 is 0 Å². The van der Waals surface area contributed by atoms with Crippen molar-refractivity contribution in [1.29, 1.82) is 0 Å². The average Bonchev–Trinajstić information content (AvgIpc) is 2.11. The van der Waals surface area contributed by atoms with Gasteiger partial charge < -0.3 is 9.47 Å². The van der Waals surface area contributed by atoms with E-state index in [9.17, 15) is 4.79 Å². The first-order valence-electron chi connectivity index (χ1n) is 4.66. The molecule has 0 radical (unpaired) electrons. The number of halogens is 1. The first kappa shape index (κ1) is 10.6. The summed E-state index contributed by atoms with van der Waals surface area (Å²) < 4.78 is 11.4. The SMILES string of the molecule is CC(=O)OC1(c2cccc(Br)c2)COC1.